The average molecular weight is 587 g/mol. The molecular formula is C23H18Cl2F6N2O5. The fourth-order valence-corrected chi connectivity index (χ4v) is 4.05. The van der Waals surface area contributed by atoms with Crippen LogP contribution in [0.5, 0.6) is 0 Å². The number of hydrogen-bond acceptors (Lipinski definition) is 6. The highest BCUT2D eigenvalue weighted by Gasteiger charge is 2.59. The quantitative estimate of drug-likeness (QED) is 0.313. The lowest BCUT2D eigenvalue weighted by atomic mass is 9.91. The molecule has 2 amide bonds. The van der Waals surface area contributed by atoms with Gasteiger partial charge in [-0.3, -0.25) is 15.1 Å². The maximum absolute atomic E-state index is 14.2. The molecule has 0 bridgehead atoms. The number of aryl methyl sites for hydroxylation is 1. The summed E-state index contributed by atoms with van der Waals surface area (Å²) in [6.07, 6.45) is -10.1. The number of halogens is 8. The fraction of sp³-hybridized carbons (Fsp3) is 0.304. The first kappa shape index (κ1) is 29.6. The van der Waals surface area contributed by atoms with Crippen LogP contribution in [0.4, 0.5) is 31.1 Å². The van der Waals surface area contributed by atoms with E-state index in [1.165, 1.54) is 31.2 Å². The zero-order chi connectivity index (χ0) is 28.5. The van der Waals surface area contributed by atoms with E-state index in [0.717, 1.165) is 25.3 Å². The monoisotopic (exact) mass is 586 g/mol. The Labute approximate surface area is 221 Å². The minimum atomic E-state index is -4.95. The highest BCUT2D eigenvalue weighted by Crippen LogP contribution is 2.48. The molecule has 0 saturated carbocycles. The maximum Gasteiger partial charge on any atom is 0.428 e. The summed E-state index contributed by atoms with van der Waals surface area (Å²) in [5.74, 6) is -1.05. The van der Waals surface area contributed by atoms with Gasteiger partial charge in [0.15, 0.2) is 0 Å². The first-order valence-electron chi connectivity index (χ1n) is 10.4. The number of ether oxygens (including phenoxy) is 2. The number of rotatable bonds is 6. The van der Waals surface area contributed by atoms with Gasteiger partial charge in [0.25, 0.3) is 5.91 Å². The molecule has 1 aliphatic heterocycles. The summed E-state index contributed by atoms with van der Waals surface area (Å²) in [6, 6.07) is 7.12. The maximum atomic E-state index is 14.2. The number of alkyl halides is 6. The molecule has 2 aromatic rings. The van der Waals surface area contributed by atoms with Crippen LogP contribution >= 0.6 is 23.2 Å². The van der Waals surface area contributed by atoms with Crippen LogP contribution in [0.1, 0.15) is 27.0 Å². The van der Waals surface area contributed by atoms with Gasteiger partial charge in [-0.25, -0.2) is 9.69 Å². The van der Waals surface area contributed by atoms with Crippen molar-refractivity contribution in [1.29, 1.82) is 0 Å². The molecule has 2 aromatic carbocycles. The lowest BCUT2D eigenvalue weighted by Gasteiger charge is -2.28. The van der Waals surface area contributed by atoms with Crippen molar-refractivity contribution in [3.8, 4) is 0 Å². The predicted octanol–water partition coefficient (Wildman–Crippen LogP) is 6.38. The van der Waals surface area contributed by atoms with Crippen LogP contribution in [-0.2, 0) is 19.9 Å². The molecular weight excluding hydrogens is 569 g/mol. The van der Waals surface area contributed by atoms with Gasteiger partial charge in [0, 0.05) is 21.2 Å². The number of hydroxylamine groups is 1. The van der Waals surface area contributed by atoms with Crippen LogP contribution < -0.4 is 5.48 Å². The number of nitrogens with one attached hydrogen (secondary N) is 1. The van der Waals surface area contributed by atoms with Gasteiger partial charge in [0.1, 0.15) is 13.3 Å². The molecule has 1 heterocycles. The van der Waals surface area contributed by atoms with E-state index in [1.807, 2.05) is 0 Å². The van der Waals surface area contributed by atoms with E-state index in [-0.39, 0.29) is 38.0 Å². The van der Waals surface area contributed by atoms with Gasteiger partial charge in [-0.2, -0.15) is 26.3 Å². The molecule has 1 atom stereocenters. The highest BCUT2D eigenvalue weighted by molar-refractivity contribution is 6.34. The Morgan fingerprint density at radius 3 is 2.21 bits per heavy atom. The first-order chi connectivity index (χ1) is 17.6. The Kier molecular flexibility index (Phi) is 8.56. The van der Waals surface area contributed by atoms with Crippen LogP contribution in [0.3, 0.4) is 0 Å². The SMILES string of the molecule is COC(=O)N(COCC(F)(F)F)C(=O)c1ccc(C2=CC(c3cc(Cl)cc(Cl)c3)(C(F)(F)F)ON2)cc1C. The van der Waals surface area contributed by atoms with Gasteiger partial charge in [-0.05, 0) is 54.5 Å². The van der Waals surface area contributed by atoms with E-state index in [0.29, 0.717) is 4.90 Å². The normalized spacial score (nSPS) is 17.6. The number of benzene rings is 2. The summed E-state index contributed by atoms with van der Waals surface area (Å²) >= 11 is 11.8. The second kappa shape index (κ2) is 11.0. The van der Waals surface area contributed by atoms with Crippen molar-refractivity contribution in [2.24, 2.45) is 0 Å². The van der Waals surface area contributed by atoms with Gasteiger partial charge < -0.3 is 9.47 Å². The van der Waals surface area contributed by atoms with Crippen molar-refractivity contribution in [3.05, 3.63) is 74.8 Å². The Balaban J connectivity index is 1.94. The molecule has 0 radical (unpaired) electrons. The standard InChI is InChI=1S/C23H18Cl2F6N2O5/c1-12-5-13(3-4-17(12)19(34)33(20(35)36-2)11-37-10-22(26,27)28)18-9-21(38-32-18,23(29,30)31)14-6-15(24)8-16(25)7-14/h3-9,32H,10-11H2,1-2H3. The molecule has 3 rings (SSSR count). The Morgan fingerprint density at radius 1 is 1.05 bits per heavy atom. The van der Waals surface area contributed by atoms with Crippen molar-refractivity contribution in [2.75, 3.05) is 20.4 Å². The van der Waals surface area contributed by atoms with Crippen molar-refractivity contribution in [2.45, 2.75) is 24.9 Å². The number of hydrogen-bond donors (Lipinski definition) is 1. The number of carbonyl (C=O) groups is 2. The van der Waals surface area contributed by atoms with Crippen LogP contribution in [0.25, 0.3) is 5.70 Å². The summed E-state index contributed by atoms with van der Waals surface area (Å²) in [7, 11) is 0.917. The average Bonchev–Trinajstić information content (AvgIpc) is 3.27. The second-order valence-corrected chi connectivity index (χ2v) is 8.85. The summed E-state index contributed by atoms with van der Waals surface area (Å²) in [5.41, 5.74) is -1.01. The van der Waals surface area contributed by atoms with E-state index >= 15 is 0 Å². The summed E-state index contributed by atoms with van der Waals surface area (Å²) in [6.45, 7) is -1.36. The third-order valence-corrected chi connectivity index (χ3v) is 5.71. The number of methoxy groups -OCH3 is 1. The number of amides is 2. The topological polar surface area (TPSA) is 77.1 Å². The van der Waals surface area contributed by atoms with Gasteiger partial charge in [-0.1, -0.05) is 29.3 Å². The molecule has 0 fully saturated rings. The summed E-state index contributed by atoms with van der Waals surface area (Å²) in [4.78, 5) is 30.2. The second-order valence-electron chi connectivity index (χ2n) is 7.98. The molecule has 206 valence electrons. The van der Waals surface area contributed by atoms with Crippen LogP contribution in [-0.4, -0.2) is 49.7 Å². The number of nitrogens with zero attached hydrogens (tertiary/aromatic N) is 1. The molecule has 0 aromatic heterocycles. The fourth-order valence-electron chi connectivity index (χ4n) is 3.53. The van der Waals surface area contributed by atoms with Crippen LogP contribution in [0.15, 0.2) is 42.5 Å². The predicted molar refractivity (Wildman–Crippen MR) is 123 cm³/mol. The van der Waals surface area contributed by atoms with E-state index in [9.17, 15) is 35.9 Å². The van der Waals surface area contributed by atoms with E-state index in [2.05, 4.69) is 15.0 Å². The van der Waals surface area contributed by atoms with E-state index in [1.54, 1.807) is 0 Å². The van der Waals surface area contributed by atoms with Gasteiger partial charge in [0.05, 0.1) is 12.8 Å². The highest BCUT2D eigenvalue weighted by atomic mass is 35.5. The molecule has 0 saturated heterocycles. The third-order valence-electron chi connectivity index (χ3n) is 5.28. The molecule has 38 heavy (non-hydrogen) atoms. The Bertz CT molecular complexity index is 1250. The summed E-state index contributed by atoms with van der Waals surface area (Å²) < 4.78 is 88.6. The van der Waals surface area contributed by atoms with E-state index in [4.69, 9.17) is 28.0 Å². The smallest absolute Gasteiger partial charge is 0.428 e. The Hall–Kier alpha value is -3.00. The van der Waals surface area contributed by atoms with Crippen molar-refractivity contribution < 1.29 is 50.2 Å². The summed E-state index contributed by atoms with van der Waals surface area (Å²) in [5, 5.41) is -0.0932. The zero-order valence-electron chi connectivity index (χ0n) is 19.5. The van der Waals surface area contributed by atoms with Crippen molar-refractivity contribution in [3.63, 3.8) is 0 Å². The first-order valence-corrected chi connectivity index (χ1v) is 11.2. The number of imide groups is 1. The lowest BCUT2D eigenvalue weighted by Crippen LogP contribution is -2.42. The molecule has 1 unspecified atom stereocenters. The minimum absolute atomic E-state index is 0.0466. The molecule has 1 N–H and O–H groups in total. The Morgan fingerprint density at radius 2 is 1.68 bits per heavy atom. The number of carbonyl (C=O) groups excluding carboxylic acids is 2. The van der Waals surface area contributed by atoms with Crippen LogP contribution in [0.2, 0.25) is 10.0 Å². The molecule has 7 nitrogen and oxygen atoms in total. The molecule has 0 aliphatic carbocycles. The van der Waals surface area contributed by atoms with Gasteiger partial charge in [0.2, 0.25) is 5.60 Å². The molecule has 1 aliphatic rings. The van der Waals surface area contributed by atoms with E-state index < -0.39 is 43.3 Å². The lowest BCUT2D eigenvalue weighted by molar-refractivity contribution is -0.269. The van der Waals surface area contributed by atoms with Crippen molar-refractivity contribution >= 4 is 40.9 Å². The largest absolute Gasteiger partial charge is 0.452 e. The van der Waals surface area contributed by atoms with Gasteiger partial charge >= 0.3 is 18.4 Å². The molecule has 0 spiro atoms. The van der Waals surface area contributed by atoms with Gasteiger partial charge in [-0.15, -0.1) is 0 Å². The minimum Gasteiger partial charge on any atom is -0.452 e. The van der Waals surface area contributed by atoms with Crippen molar-refractivity contribution in [1.82, 2.24) is 10.4 Å². The molecule has 15 heteroatoms. The zero-order valence-corrected chi connectivity index (χ0v) is 21.0. The third kappa shape index (κ3) is 6.34. The van der Waals surface area contributed by atoms with Crippen LogP contribution in [0, 0.1) is 6.92 Å².